The lowest BCUT2D eigenvalue weighted by molar-refractivity contribution is -0.140. The van der Waals surface area contributed by atoms with E-state index in [0.717, 1.165) is 18.4 Å². The monoisotopic (exact) mass is 331 g/mol. The first-order chi connectivity index (χ1) is 11.5. The first kappa shape index (κ1) is 17.7. The molecule has 0 radical (unpaired) electrons. The molecule has 0 bridgehead atoms. The lowest BCUT2D eigenvalue weighted by Gasteiger charge is -2.06. The molecule has 0 spiro atoms. The Labute approximate surface area is 139 Å². The van der Waals surface area contributed by atoms with Gasteiger partial charge in [-0.15, -0.1) is 0 Å². The number of carbonyl (C=O) groups is 2. The average Bonchev–Trinajstić information content (AvgIpc) is 2.58. The predicted octanol–water partition coefficient (Wildman–Crippen LogP) is 1.47. The van der Waals surface area contributed by atoms with E-state index in [1.807, 2.05) is 13.0 Å². The summed E-state index contributed by atoms with van der Waals surface area (Å²) in [5.41, 5.74) is 1.05. The van der Waals surface area contributed by atoms with Gasteiger partial charge in [-0.2, -0.15) is 0 Å². The van der Waals surface area contributed by atoms with Crippen LogP contribution in [0.2, 0.25) is 0 Å². The Balaban J connectivity index is 1.91. The topological polar surface area (TPSA) is 89.8 Å². The largest absolute Gasteiger partial charge is 0.469 e. The van der Waals surface area contributed by atoms with Crippen molar-refractivity contribution in [2.75, 3.05) is 13.7 Å². The zero-order valence-electron chi connectivity index (χ0n) is 13.9. The second kappa shape index (κ2) is 8.24. The number of nitrogens with one attached hydrogen (secondary N) is 1. The number of hydrogen-bond donors (Lipinski definition) is 1. The van der Waals surface area contributed by atoms with Gasteiger partial charge in [0.2, 0.25) is 0 Å². The van der Waals surface area contributed by atoms with Gasteiger partial charge >= 0.3 is 5.97 Å². The molecule has 0 unspecified atom stereocenters. The van der Waals surface area contributed by atoms with Crippen LogP contribution in [0, 0.1) is 6.92 Å². The van der Waals surface area contributed by atoms with Gasteiger partial charge in [-0.25, -0.2) is 4.98 Å². The molecule has 0 fully saturated rings. The molecule has 7 heteroatoms. The first-order valence-electron chi connectivity index (χ1n) is 7.86. The summed E-state index contributed by atoms with van der Waals surface area (Å²) in [6, 6.07) is 3.59. The van der Waals surface area contributed by atoms with Crippen molar-refractivity contribution in [2.45, 2.75) is 32.6 Å². The third kappa shape index (κ3) is 4.41. The maximum atomic E-state index is 12.4. The van der Waals surface area contributed by atoms with Crippen molar-refractivity contribution in [1.82, 2.24) is 14.7 Å². The number of rotatable bonds is 7. The van der Waals surface area contributed by atoms with E-state index in [1.54, 1.807) is 12.3 Å². The Hall–Kier alpha value is -2.70. The normalized spacial score (nSPS) is 10.6. The predicted molar refractivity (Wildman–Crippen MR) is 89.0 cm³/mol. The van der Waals surface area contributed by atoms with Crippen LogP contribution in [0.3, 0.4) is 0 Å². The van der Waals surface area contributed by atoms with Gasteiger partial charge < -0.3 is 10.1 Å². The van der Waals surface area contributed by atoms with Gasteiger partial charge in [0.15, 0.2) is 0 Å². The van der Waals surface area contributed by atoms with Crippen molar-refractivity contribution in [3.63, 3.8) is 0 Å². The lowest BCUT2D eigenvalue weighted by Crippen LogP contribution is -2.32. The highest BCUT2D eigenvalue weighted by atomic mass is 16.5. The third-order valence-corrected chi connectivity index (χ3v) is 3.67. The van der Waals surface area contributed by atoms with Gasteiger partial charge in [-0.3, -0.25) is 18.8 Å². The number of unbranched alkanes of at least 4 members (excludes halogenated alkanes) is 2. The standard InChI is InChI=1S/C17H21N3O4/c1-12-7-8-14-19-10-13(17(23)20(14)11-12)16(22)18-9-5-3-4-6-15(21)24-2/h7-8,10-11H,3-6,9H2,1-2H3,(H,18,22). The van der Waals surface area contributed by atoms with E-state index in [-0.39, 0.29) is 17.1 Å². The molecule has 0 aromatic carbocycles. The molecule has 7 nitrogen and oxygen atoms in total. The highest BCUT2D eigenvalue weighted by molar-refractivity contribution is 5.93. The Morgan fingerprint density at radius 1 is 1.25 bits per heavy atom. The molecule has 2 rings (SSSR count). The molecule has 1 N–H and O–H groups in total. The number of fused-ring (bicyclic) bond motifs is 1. The van der Waals surface area contributed by atoms with Gasteiger partial charge in [-0.05, 0) is 31.4 Å². The molecule has 2 aromatic rings. The summed E-state index contributed by atoms with van der Waals surface area (Å²) in [4.78, 5) is 39.6. The number of amides is 1. The summed E-state index contributed by atoms with van der Waals surface area (Å²) in [7, 11) is 1.36. The highest BCUT2D eigenvalue weighted by Crippen LogP contribution is 2.03. The van der Waals surface area contributed by atoms with E-state index in [4.69, 9.17) is 0 Å². The number of aromatic nitrogens is 2. The minimum atomic E-state index is -0.434. The summed E-state index contributed by atoms with van der Waals surface area (Å²) < 4.78 is 5.93. The molecule has 0 saturated carbocycles. The first-order valence-corrected chi connectivity index (χ1v) is 7.86. The van der Waals surface area contributed by atoms with E-state index in [0.29, 0.717) is 25.0 Å². The highest BCUT2D eigenvalue weighted by Gasteiger charge is 2.12. The van der Waals surface area contributed by atoms with Crippen LogP contribution in [0.1, 0.15) is 41.6 Å². The SMILES string of the molecule is COC(=O)CCCCCNC(=O)c1cnc2ccc(C)cn2c1=O. The summed E-state index contributed by atoms with van der Waals surface area (Å²) in [5.74, 6) is -0.666. The van der Waals surface area contributed by atoms with Gasteiger partial charge in [-0.1, -0.05) is 12.5 Å². The lowest BCUT2D eigenvalue weighted by atomic mass is 10.2. The van der Waals surface area contributed by atoms with E-state index in [2.05, 4.69) is 15.0 Å². The molecule has 2 heterocycles. The van der Waals surface area contributed by atoms with Crippen LogP contribution >= 0.6 is 0 Å². The number of hydrogen-bond acceptors (Lipinski definition) is 5. The Morgan fingerprint density at radius 3 is 2.79 bits per heavy atom. The van der Waals surface area contributed by atoms with Crippen molar-refractivity contribution in [3.8, 4) is 0 Å². The summed E-state index contributed by atoms with van der Waals surface area (Å²) in [5, 5.41) is 2.71. The number of esters is 1. The number of nitrogens with zero attached hydrogens (tertiary/aromatic N) is 2. The number of carbonyl (C=O) groups excluding carboxylic acids is 2. The third-order valence-electron chi connectivity index (χ3n) is 3.67. The van der Waals surface area contributed by atoms with Gasteiger partial charge in [0.25, 0.3) is 11.5 Å². The Kier molecular flexibility index (Phi) is 6.06. The minimum absolute atomic E-state index is 0.0210. The maximum Gasteiger partial charge on any atom is 0.305 e. The van der Waals surface area contributed by atoms with Crippen LogP contribution in [0.25, 0.3) is 5.65 Å². The molecular formula is C17H21N3O4. The molecule has 128 valence electrons. The van der Waals surface area contributed by atoms with Crippen LogP contribution in [-0.2, 0) is 9.53 Å². The smallest absolute Gasteiger partial charge is 0.305 e. The Bertz CT molecular complexity index is 798. The molecular weight excluding hydrogens is 310 g/mol. The van der Waals surface area contributed by atoms with Crippen LogP contribution in [0.5, 0.6) is 0 Å². The number of ether oxygens (including phenoxy) is 1. The molecule has 0 aliphatic carbocycles. The van der Waals surface area contributed by atoms with Crippen molar-refractivity contribution >= 4 is 17.5 Å². The second-order valence-corrected chi connectivity index (χ2v) is 5.55. The van der Waals surface area contributed by atoms with Crippen molar-refractivity contribution < 1.29 is 14.3 Å². The quantitative estimate of drug-likeness (QED) is 0.613. The van der Waals surface area contributed by atoms with Gasteiger partial charge in [0.1, 0.15) is 11.2 Å². The molecule has 2 aromatic heterocycles. The van der Waals surface area contributed by atoms with E-state index < -0.39 is 5.91 Å². The fourth-order valence-electron chi connectivity index (χ4n) is 2.31. The van der Waals surface area contributed by atoms with Crippen molar-refractivity contribution in [1.29, 1.82) is 0 Å². The van der Waals surface area contributed by atoms with Crippen molar-refractivity contribution in [2.24, 2.45) is 0 Å². The molecule has 0 atom stereocenters. The fourth-order valence-corrected chi connectivity index (χ4v) is 2.31. The van der Waals surface area contributed by atoms with E-state index in [1.165, 1.54) is 17.7 Å². The second-order valence-electron chi connectivity index (χ2n) is 5.55. The molecule has 1 amide bonds. The summed E-state index contributed by atoms with van der Waals surface area (Å²) in [6.07, 6.45) is 5.57. The minimum Gasteiger partial charge on any atom is -0.469 e. The van der Waals surface area contributed by atoms with Gasteiger partial charge in [0.05, 0.1) is 7.11 Å². The summed E-state index contributed by atoms with van der Waals surface area (Å²) in [6.45, 7) is 2.31. The molecule has 0 aliphatic rings. The van der Waals surface area contributed by atoms with Crippen LogP contribution in [0.15, 0.2) is 29.3 Å². The van der Waals surface area contributed by atoms with Crippen LogP contribution in [-0.4, -0.2) is 34.9 Å². The number of aryl methyl sites for hydroxylation is 1. The fraction of sp³-hybridized carbons (Fsp3) is 0.412. The zero-order valence-corrected chi connectivity index (χ0v) is 13.9. The Morgan fingerprint density at radius 2 is 2.04 bits per heavy atom. The van der Waals surface area contributed by atoms with E-state index in [9.17, 15) is 14.4 Å². The average molecular weight is 331 g/mol. The van der Waals surface area contributed by atoms with Crippen LogP contribution < -0.4 is 10.9 Å². The number of methoxy groups -OCH3 is 1. The van der Waals surface area contributed by atoms with Crippen LogP contribution in [0.4, 0.5) is 0 Å². The van der Waals surface area contributed by atoms with E-state index >= 15 is 0 Å². The van der Waals surface area contributed by atoms with Crippen molar-refractivity contribution in [3.05, 3.63) is 46.0 Å². The maximum absolute atomic E-state index is 12.4. The zero-order chi connectivity index (χ0) is 17.5. The number of pyridine rings is 1. The molecule has 24 heavy (non-hydrogen) atoms. The molecule has 0 saturated heterocycles. The summed E-state index contributed by atoms with van der Waals surface area (Å²) >= 11 is 0. The van der Waals surface area contributed by atoms with Gasteiger partial charge in [0, 0.05) is 25.4 Å². The molecule has 0 aliphatic heterocycles.